The number of para-hydroxylation sites is 1. The maximum absolute atomic E-state index is 12.6. The van der Waals surface area contributed by atoms with E-state index in [1.807, 2.05) is 24.3 Å². The second kappa shape index (κ2) is 6.75. The number of aromatic nitrogens is 1. The normalized spacial score (nSPS) is 18.5. The molecule has 0 bridgehead atoms. The van der Waals surface area contributed by atoms with E-state index in [-0.39, 0.29) is 11.9 Å². The molecule has 2 heterocycles. The van der Waals surface area contributed by atoms with Crippen LogP contribution in [0.3, 0.4) is 0 Å². The first-order valence-electron chi connectivity index (χ1n) is 8.82. The number of benzene rings is 1. The van der Waals surface area contributed by atoms with Gasteiger partial charge in [0.15, 0.2) is 11.5 Å². The molecule has 4 rings (SSSR count). The molecule has 1 aliphatic carbocycles. The maximum Gasteiger partial charge on any atom is 0.253 e. The van der Waals surface area contributed by atoms with Crippen molar-refractivity contribution in [3.8, 4) is 11.5 Å². The summed E-state index contributed by atoms with van der Waals surface area (Å²) in [6.45, 7) is 0.442. The van der Waals surface area contributed by atoms with Gasteiger partial charge in [0.05, 0.1) is 18.7 Å². The average molecular weight is 338 g/mol. The van der Waals surface area contributed by atoms with Gasteiger partial charge in [-0.15, -0.1) is 0 Å². The van der Waals surface area contributed by atoms with Crippen LogP contribution < -0.4 is 14.8 Å². The summed E-state index contributed by atoms with van der Waals surface area (Å²) in [5.41, 5.74) is 4.05. The molecule has 1 N–H and O–H groups in total. The molecule has 0 fully saturated rings. The molecule has 0 radical (unpaired) electrons. The fourth-order valence-electron chi connectivity index (χ4n) is 3.63. The summed E-state index contributed by atoms with van der Waals surface area (Å²) in [7, 11) is 1.63. The molecule has 1 amide bonds. The first kappa shape index (κ1) is 15.9. The molecule has 1 aliphatic heterocycles. The van der Waals surface area contributed by atoms with Crippen molar-refractivity contribution in [2.24, 2.45) is 0 Å². The predicted molar refractivity (Wildman–Crippen MR) is 94.3 cm³/mol. The molecule has 0 spiro atoms. The summed E-state index contributed by atoms with van der Waals surface area (Å²) in [5.74, 6) is 1.44. The highest BCUT2D eigenvalue weighted by atomic mass is 16.5. The van der Waals surface area contributed by atoms with Gasteiger partial charge < -0.3 is 14.8 Å². The van der Waals surface area contributed by atoms with Crippen LogP contribution in [-0.4, -0.2) is 30.6 Å². The minimum absolute atomic E-state index is 0.0526. The van der Waals surface area contributed by atoms with E-state index in [4.69, 9.17) is 9.47 Å². The van der Waals surface area contributed by atoms with Crippen LogP contribution >= 0.6 is 0 Å². The number of rotatable bonds is 3. The largest absolute Gasteiger partial charge is 0.493 e. The van der Waals surface area contributed by atoms with E-state index in [9.17, 15) is 4.79 Å². The number of amides is 1. The topological polar surface area (TPSA) is 60.5 Å². The van der Waals surface area contributed by atoms with E-state index in [0.29, 0.717) is 12.2 Å². The highest BCUT2D eigenvalue weighted by molar-refractivity contribution is 5.94. The summed E-state index contributed by atoms with van der Waals surface area (Å²) in [4.78, 5) is 17.1. The Morgan fingerprint density at radius 3 is 3.04 bits per heavy atom. The van der Waals surface area contributed by atoms with Crippen LogP contribution in [0, 0.1) is 0 Å². The quantitative estimate of drug-likeness (QED) is 0.935. The monoisotopic (exact) mass is 338 g/mol. The van der Waals surface area contributed by atoms with Gasteiger partial charge in [0, 0.05) is 17.5 Å². The smallest absolute Gasteiger partial charge is 0.253 e. The predicted octanol–water partition coefficient (Wildman–Crippen LogP) is 2.70. The third-order valence-corrected chi connectivity index (χ3v) is 4.94. The van der Waals surface area contributed by atoms with Gasteiger partial charge in [0.2, 0.25) is 0 Å². The molecule has 1 atom stereocenters. The molecule has 0 saturated carbocycles. The molecule has 5 heteroatoms. The lowest BCUT2D eigenvalue weighted by atomic mass is 9.95. The van der Waals surface area contributed by atoms with Crippen LogP contribution in [0.2, 0.25) is 0 Å². The van der Waals surface area contributed by atoms with Gasteiger partial charge in [-0.1, -0.05) is 12.1 Å². The van der Waals surface area contributed by atoms with Gasteiger partial charge >= 0.3 is 0 Å². The van der Waals surface area contributed by atoms with Gasteiger partial charge in [-0.25, -0.2) is 0 Å². The van der Waals surface area contributed by atoms with Crippen molar-refractivity contribution in [3.63, 3.8) is 0 Å². The van der Waals surface area contributed by atoms with Crippen LogP contribution in [0.4, 0.5) is 0 Å². The van der Waals surface area contributed by atoms with E-state index in [2.05, 4.69) is 10.3 Å². The first-order chi connectivity index (χ1) is 12.2. The van der Waals surface area contributed by atoms with Gasteiger partial charge in [0.25, 0.3) is 5.91 Å². The zero-order valence-corrected chi connectivity index (χ0v) is 14.4. The van der Waals surface area contributed by atoms with Gasteiger partial charge in [0.1, 0.15) is 6.61 Å². The number of hydrogen-bond donors (Lipinski definition) is 1. The minimum atomic E-state index is -0.0826. The van der Waals surface area contributed by atoms with E-state index >= 15 is 0 Å². The maximum atomic E-state index is 12.6. The molecule has 25 heavy (non-hydrogen) atoms. The number of nitrogens with one attached hydrogen (secondary N) is 1. The number of hydrogen-bond acceptors (Lipinski definition) is 4. The lowest BCUT2D eigenvalue weighted by molar-refractivity contribution is 0.0914. The minimum Gasteiger partial charge on any atom is -0.493 e. The van der Waals surface area contributed by atoms with Gasteiger partial charge in [-0.3, -0.25) is 9.78 Å². The Bertz CT molecular complexity index is 804. The number of carbonyl (C=O) groups excluding carboxylic acids is 1. The van der Waals surface area contributed by atoms with E-state index in [1.165, 1.54) is 18.4 Å². The first-order valence-corrected chi connectivity index (χ1v) is 8.82. The van der Waals surface area contributed by atoms with Gasteiger partial charge in [-0.2, -0.15) is 0 Å². The number of aryl methyl sites for hydroxylation is 2. The number of ether oxygens (including phenoxy) is 2. The molecule has 0 saturated heterocycles. The van der Waals surface area contributed by atoms with Gasteiger partial charge in [-0.05, 0) is 49.8 Å². The molecular weight excluding hydrogens is 316 g/mol. The van der Waals surface area contributed by atoms with Crippen LogP contribution in [0.1, 0.15) is 40.0 Å². The zero-order chi connectivity index (χ0) is 17.2. The fourth-order valence-corrected chi connectivity index (χ4v) is 3.63. The highest BCUT2D eigenvalue weighted by Gasteiger charge is 2.24. The molecule has 2 aliphatic rings. The second-order valence-electron chi connectivity index (χ2n) is 6.67. The summed E-state index contributed by atoms with van der Waals surface area (Å²) < 4.78 is 11.2. The van der Waals surface area contributed by atoms with Crippen molar-refractivity contribution in [1.29, 1.82) is 0 Å². The zero-order valence-electron chi connectivity index (χ0n) is 14.4. The SMILES string of the molecule is COc1cccc2c1OCC(NC(=O)c1cnc3c(c1)CCCC3)C2. The summed E-state index contributed by atoms with van der Waals surface area (Å²) >= 11 is 0. The second-order valence-corrected chi connectivity index (χ2v) is 6.67. The van der Waals surface area contributed by atoms with E-state index < -0.39 is 0 Å². The Balaban J connectivity index is 1.46. The van der Waals surface area contributed by atoms with Crippen LogP contribution in [0.25, 0.3) is 0 Å². The molecule has 130 valence electrons. The Kier molecular flexibility index (Phi) is 4.30. The molecule has 5 nitrogen and oxygen atoms in total. The van der Waals surface area contributed by atoms with Crippen molar-refractivity contribution in [1.82, 2.24) is 10.3 Å². The van der Waals surface area contributed by atoms with Crippen molar-refractivity contribution < 1.29 is 14.3 Å². The lowest BCUT2D eigenvalue weighted by Crippen LogP contribution is -2.42. The Labute approximate surface area is 147 Å². The summed E-state index contributed by atoms with van der Waals surface area (Å²) in [5, 5.41) is 3.08. The Morgan fingerprint density at radius 1 is 1.28 bits per heavy atom. The lowest BCUT2D eigenvalue weighted by Gasteiger charge is -2.27. The molecule has 1 aromatic carbocycles. The van der Waals surface area contributed by atoms with E-state index in [1.54, 1.807) is 13.3 Å². The molecule has 1 unspecified atom stereocenters. The number of carbonyl (C=O) groups is 1. The van der Waals surface area contributed by atoms with Crippen molar-refractivity contribution in [2.45, 2.75) is 38.1 Å². The van der Waals surface area contributed by atoms with Crippen LogP contribution in [0.5, 0.6) is 11.5 Å². The third-order valence-electron chi connectivity index (χ3n) is 4.94. The molecular formula is C20H22N2O3. The average Bonchev–Trinajstić information content (AvgIpc) is 2.66. The van der Waals surface area contributed by atoms with Crippen LogP contribution in [-0.2, 0) is 19.3 Å². The van der Waals surface area contributed by atoms with Crippen molar-refractivity contribution in [3.05, 3.63) is 52.8 Å². The van der Waals surface area contributed by atoms with Crippen molar-refractivity contribution >= 4 is 5.91 Å². The Hall–Kier alpha value is -2.56. The number of nitrogens with zero attached hydrogens (tertiary/aromatic N) is 1. The number of pyridine rings is 1. The molecule has 1 aromatic heterocycles. The van der Waals surface area contributed by atoms with E-state index in [0.717, 1.165) is 42.0 Å². The highest BCUT2D eigenvalue weighted by Crippen LogP contribution is 2.34. The summed E-state index contributed by atoms with van der Waals surface area (Å²) in [6.07, 6.45) is 6.83. The summed E-state index contributed by atoms with van der Waals surface area (Å²) in [6, 6.07) is 7.78. The van der Waals surface area contributed by atoms with Crippen LogP contribution in [0.15, 0.2) is 30.5 Å². The van der Waals surface area contributed by atoms with Crippen molar-refractivity contribution in [2.75, 3.05) is 13.7 Å². The molecule has 2 aromatic rings. The standard InChI is InChI=1S/C20H22N2O3/c1-24-18-8-4-6-14-10-16(12-25-19(14)18)22-20(23)15-9-13-5-2-3-7-17(13)21-11-15/h4,6,8-9,11,16H,2-3,5,7,10,12H2,1H3,(H,22,23). The Morgan fingerprint density at radius 2 is 2.16 bits per heavy atom. The number of methoxy groups -OCH3 is 1. The third kappa shape index (κ3) is 3.18. The number of fused-ring (bicyclic) bond motifs is 2. The fraction of sp³-hybridized carbons (Fsp3) is 0.400.